The van der Waals surface area contributed by atoms with E-state index in [1.807, 2.05) is 22.8 Å². The Morgan fingerprint density at radius 2 is 1.97 bits per heavy atom. The van der Waals surface area contributed by atoms with Gasteiger partial charge in [-0.1, -0.05) is 11.6 Å². The van der Waals surface area contributed by atoms with Gasteiger partial charge in [-0.3, -0.25) is 0 Å². The zero-order valence-corrected chi connectivity index (χ0v) is 16.8. The minimum absolute atomic E-state index is 0.0816. The monoisotopic (exact) mass is 428 g/mol. The van der Waals surface area contributed by atoms with E-state index in [1.165, 1.54) is 16.4 Å². The normalized spacial score (nSPS) is 17.9. The SMILES string of the molecule is O=S(=O)(c1ccc(Cl)cc1)N1CCC(n2c(-c3ccoc3)nc3cccnc32)C1. The smallest absolute Gasteiger partial charge is 0.243 e. The van der Waals surface area contributed by atoms with Gasteiger partial charge in [0, 0.05) is 24.3 Å². The molecule has 1 saturated heterocycles. The van der Waals surface area contributed by atoms with Crippen LogP contribution in [-0.2, 0) is 10.0 Å². The molecule has 5 rings (SSSR count). The zero-order chi connectivity index (χ0) is 20.0. The van der Waals surface area contributed by atoms with Crippen LogP contribution in [0.15, 0.2) is 70.5 Å². The third kappa shape index (κ3) is 3.13. The van der Waals surface area contributed by atoms with Gasteiger partial charge >= 0.3 is 0 Å². The number of fused-ring (bicyclic) bond motifs is 1. The molecule has 9 heteroatoms. The molecule has 0 aliphatic carbocycles. The number of sulfonamides is 1. The molecule has 148 valence electrons. The third-order valence-electron chi connectivity index (χ3n) is 5.17. The van der Waals surface area contributed by atoms with E-state index in [9.17, 15) is 8.42 Å². The Hall–Kier alpha value is -2.68. The Labute approximate surface area is 172 Å². The molecule has 0 bridgehead atoms. The van der Waals surface area contributed by atoms with Gasteiger partial charge in [0.1, 0.15) is 17.6 Å². The maximum Gasteiger partial charge on any atom is 0.243 e. The van der Waals surface area contributed by atoms with Crippen molar-refractivity contribution in [2.45, 2.75) is 17.4 Å². The third-order valence-corrected chi connectivity index (χ3v) is 7.30. The molecule has 4 heterocycles. The molecule has 1 atom stereocenters. The van der Waals surface area contributed by atoms with Crippen molar-refractivity contribution in [2.75, 3.05) is 13.1 Å². The van der Waals surface area contributed by atoms with Crippen LogP contribution < -0.4 is 0 Å². The number of rotatable bonds is 4. The van der Waals surface area contributed by atoms with E-state index >= 15 is 0 Å². The number of hydrogen-bond donors (Lipinski definition) is 0. The number of imidazole rings is 1. The van der Waals surface area contributed by atoms with E-state index in [2.05, 4.69) is 4.98 Å². The molecule has 0 amide bonds. The molecular formula is C20H17ClN4O3S. The number of halogens is 1. The lowest BCUT2D eigenvalue weighted by Crippen LogP contribution is -2.29. The first-order valence-electron chi connectivity index (χ1n) is 9.15. The van der Waals surface area contributed by atoms with Crippen LogP contribution in [0.1, 0.15) is 12.5 Å². The highest BCUT2D eigenvalue weighted by atomic mass is 35.5. The van der Waals surface area contributed by atoms with Gasteiger partial charge in [-0.2, -0.15) is 4.31 Å². The van der Waals surface area contributed by atoms with E-state index in [0.717, 1.165) is 22.6 Å². The van der Waals surface area contributed by atoms with E-state index in [0.29, 0.717) is 24.5 Å². The maximum atomic E-state index is 13.1. The summed E-state index contributed by atoms with van der Waals surface area (Å²) in [6, 6.07) is 11.8. The van der Waals surface area contributed by atoms with Crippen LogP contribution >= 0.6 is 11.6 Å². The summed E-state index contributed by atoms with van der Waals surface area (Å²) >= 11 is 5.90. The van der Waals surface area contributed by atoms with Gasteiger partial charge in [-0.05, 0) is 48.9 Å². The van der Waals surface area contributed by atoms with Crippen molar-refractivity contribution in [1.82, 2.24) is 18.8 Å². The van der Waals surface area contributed by atoms with Crippen molar-refractivity contribution in [2.24, 2.45) is 0 Å². The highest BCUT2D eigenvalue weighted by molar-refractivity contribution is 7.89. The highest BCUT2D eigenvalue weighted by Crippen LogP contribution is 2.34. The second-order valence-electron chi connectivity index (χ2n) is 6.92. The molecule has 7 nitrogen and oxygen atoms in total. The van der Waals surface area contributed by atoms with E-state index in [-0.39, 0.29) is 10.9 Å². The Bertz CT molecular complexity index is 1270. The van der Waals surface area contributed by atoms with Crippen LogP contribution in [0.2, 0.25) is 5.02 Å². The van der Waals surface area contributed by atoms with Gasteiger partial charge in [0.15, 0.2) is 5.65 Å². The van der Waals surface area contributed by atoms with Gasteiger partial charge in [0.25, 0.3) is 0 Å². The average molecular weight is 429 g/mol. The summed E-state index contributed by atoms with van der Waals surface area (Å²) < 4.78 is 34.9. The van der Waals surface area contributed by atoms with Crippen LogP contribution in [0.4, 0.5) is 0 Å². The lowest BCUT2D eigenvalue weighted by molar-refractivity contribution is 0.455. The molecule has 3 aromatic heterocycles. The number of aromatic nitrogens is 3. The molecule has 0 N–H and O–H groups in total. The van der Waals surface area contributed by atoms with Crippen LogP contribution in [0, 0.1) is 0 Å². The summed E-state index contributed by atoms with van der Waals surface area (Å²) in [4.78, 5) is 9.45. The van der Waals surface area contributed by atoms with Crippen LogP contribution in [0.25, 0.3) is 22.6 Å². The summed E-state index contributed by atoms with van der Waals surface area (Å²) in [5, 5.41) is 0.504. The molecule has 0 spiro atoms. The van der Waals surface area contributed by atoms with Gasteiger partial charge in [-0.25, -0.2) is 18.4 Å². The molecular weight excluding hydrogens is 412 g/mol. The molecule has 1 aliphatic rings. The second-order valence-corrected chi connectivity index (χ2v) is 9.30. The lowest BCUT2D eigenvalue weighted by atomic mass is 10.2. The quantitative estimate of drug-likeness (QED) is 0.491. The Kier molecular flexibility index (Phi) is 4.42. The average Bonchev–Trinajstić information content (AvgIpc) is 3.46. The first-order chi connectivity index (χ1) is 14.0. The van der Waals surface area contributed by atoms with Crippen LogP contribution in [-0.4, -0.2) is 40.3 Å². The standard InChI is InChI=1S/C20H17ClN4O3S/c21-15-3-5-17(6-4-15)29(26,27)24-10-7-16(12-24)25-19(14-8-11-28-13-14)23-18-2-1-9-22-20(18)25/h1-6,8-9,11,13,16H,7,10,12H2. The summed E-state index contributed by atoms with van der Waals surface area (Å²) in [7, 11) is -3.60. The summed E-state index contributed by atoms with van der Waals surface area (Å²) in [6.07, 6.45) is 5.61. The number of furan rings is 1. The number of pyridine rings is 1. The van der Waals surface area contributed by atoms with Gasteiger partial charge in [0.05, 0.1) is 22.8 Å². The van der Waals surface area contributed by atoms with Crippen molar-refractivity contribution < 1.29 is 12.8 Å². The molecule has 1 unspecified atom stereocenters. The molecule has 0 saturated carbocycles. The van der Waals surface area contributed by atoms with Crippen molar-refractivity contribution >= 4 is 32.8 Å². The Morgan fingerprint density at radius 3 is 2.72 bits per heavy atom. The molecule has 29 heavy (non-hydrogen) atoms. The fourth-order valence-corrected chi connectivity index (χ4v) is 5.38. The van der Waals surface area contributed by atoms with Crippen molar-refractivity contribution in [3.05, 3.63) is 66.2 Å². The van der Waals surface area contributed by atoms with Crippen molar-refractivity contribution in [3.63, 3.8) is 0 Å². The number of nitrogens with zero attached hydrogens (tertiary/aromatic N) is 4. The Balaban J connectivity index is 1.53. The fraction of sp³-hybridized carbons (Fsp3) is 0.200. The predicted octanol–water partition coefficient (Wildman–Crippen LogP) is 3.98. The Morgan fingerprint density at radius 1 is 1.14 bits per heavy atom. The molecule has 1 fully saturated rings. The topological polar surface area (TPSA) is 81.2 Å². The van der Waals surface area contributed by atoms with Gasteiger partial charge in [-0.15, -0.1) is 0 Å². The summed E-state index contributed by atoms with van der Waals surface area (Å²) in [5.74, 6) is 0.725. The fourth-order valence-electron chi connectivity index (χ4n) is 3.77. The second kappa shape index (κ2) is 6.98. The minimum Gasteiger partial charge on any atom is -0.472 e. The number of hydrogen-bond acceptors (Lipinski definition) is 5. The molecule has 1 aliphatic heterocycles. The minimum atomic E-state index is -3.60. The first kappa shape index (κ1) is 18.4. The predicted molar refractivity (Wildman–Crippen MR) is 109 cm³/mol. The van der Waals surface area contributed by atoms with Crippen molar-refractivity contribution in [3.8, 4) is 11.4 Å². The maximum absolute atomic E-state index is 13.1. The molecule has 0 radical (unpaired) electrons. The number of benzene rings is 1. The zero-order valence-electron chi connectivity index (χ0n) is 15.3. The molecule has 1 aromatic carbocycles. The van der Waals surface area contributed by atoms with Gasteiger partial charge in [0.2, 0.25) is 10.0 Å². The summed E-state index contributed by atoms with van der Waals surface area (Å²) in [6.45, 7) is 0.769. The largest absolute Gasteiger partial charge is 0.472 e. The first-order valence-corrected chi connectivity index (χ1v) is 11.0. The van der Waals surface area contributed by atoms with Crippen LogP contribution in [0.5, 0.6) is 0 Å². The van der Waals surface area contributed by atoms with E-state index in [4.69, 9.17) is 21.0 Å². The van der Waals surface area contributed by atoms with Crippen molar-refractivity contribution in [1.29, 1.82) is 0 Å². The van der Waals surface area contributed by atoms with Gasteiger partial charge < -0.3 is 8.98 Å². The van der Waals surface area contributed by atoms with Crippen LogP contribution in [0.3, 0.4) is 0 Å². The highest BCUT2D eigenvalue weighted by Gasteiger charge is 2.35. The lowest BCUT2D eigenvalue weighted by Gasteiger charge is -2.18. The van der Waals surface area contributed by atoms with E-state index < -0.39 is 10.0 Å². The van der Waals surface area contributed by atoms with E-state index in [1.54, 1.807) is 30.9 Å². The summed E-state index contributed by atoms with van der Waals surface area (Å²) in [5.41, 5.74) is 2.34. The molecule has 4 aromatic rings.